The topological polar surface area (TPSA) is 95.2 Å². The standard InChI is InChI=1S/C14H4Cl2N4/c15-13(9(5-17)6-18)11-3-1-2-4-12(11)14(16)10(7-19)8-20/h1-4H. The summed E-state index contributed by atoms with van der Waals surface area (Å²) in [6.45, 7) is 0. The second-order valence-electron chi connectivity index (χ2n) is 3.37. The van der Waals surface area contributed by atoms with Crippen LogP contribution in [0, 0.1) is 45.3 Å². The lowest BCUT2D eigenvalue weighted by Crippen LogP contribution is -1.91. The van der Waals surface area contributed by atoms with E-state index >= 15 is 0 Å². The Bertz CT molecular complexity index is 678. The highest BCUT2D eigenvalue weighted by Crippen LogP contribution is 2.33. The van der Waals surface area contributed by atoms with Gasteiger partial charge in [0.15, 0.2) is 0 Å². The van der Waals surface area contributed by atoms with Crippen LogP contribution in [-0.2, 0) is 0 Å². The second kappa shape index (κ2) is 6.98. The number of hydrogen-bond acceptors (Lipinski definition) is 4. The molecule has 0 unspecified atom stereocenters. The summed E-state index contributed by atoms with van der Waals surface area (Å²) in [5, 5.41) is 35.1. The molecule has 1 aromatic rings. The van der Waals surface area contributed by atoms with E-state index in [1.54, 1.807) is 48.5 Å². The van der Waals surface area contributed by atoms with E-state index in [-0.39, 0.29) is 21.2 Å². The van der Waals surface area contributed by atoms with Crippen molar-refractivity contribution in [3.63, 3.8) is 0 Å². The van der Waals surface area contributed by atoms with Crippen LogP contribution in [0.25, 0.3) is 10.1 Å². The van der Waals surface area contributed by atoms with Crippen LogP contribution in [0.15, 0.2) is 35.4 Å². The Labute approximate surface area is 125 Å². The Hall–Kier alpha value is -2.76. The highest BCUT2D eigenvalue weighted by Gasteiger charge is 2.15. The van der Waals surface area contributed by atoms with Gasteiger partial charge in [-0.05, 0) is 0 Å². The van der Waals surface area contributed by atoms with Gasteiger partial charge in [0.25, 0.3) is 0 Å². The molecule has 0 saturated carbocycles. The van der Waals surface area contributed by atoms with Crippen LogP contribution < -0.4 is 0 Å². The molecule has 0 bridgehead atoms. The summed E-state index contributed by atoms with van der Waals surface area (Å²) in [5.41, 5.74) is 0.0543. The van der Waals surface area contributed by atoms with E-state index in [0.717, 1.165) is 0 Å². The minimum absolute atomic E-state index is 0.0843. The summed E-state index contributed by atoms with van der Waals surface area (Å²) in [6, 6.07) is 13.0. The lowest BCUT2D eigenvalue weighted by molar-refractivity contribution is 1.45. The number of allylic oxidation sites excluding steroid dienone is 2. The van der Waals surface area contributed by atoms with E-state index in [2.05, 4.69) is 0 Å². The predicted molar refractivity (Wildman–Crippen MR) is 74.4 cm³/mol. The van der Waals surface area contributed by atoms with Gasteiger partial charge in [0.05, 0.1) is 10.1 Å². The van der Waals surface area contributed by atoms with Crippen molar-refractivity contribution >= 4 is 33.3 Å². The second-order valence-corrected chi connectivity index (χ2v) is 4.13. The molecule has 0 aliphatic rings. The average molecular weight is 299 g/mol. The van der Waals surface area contributed by atoms with Crippen molar-refractivity contribution in [3.8, 4) is 24.3 Å². The Balaban J connectivity index is 3.68. The van der Waals surface area contributed by atoms with Crippen molar-refractivity contribution in [2.24, 2.45) is 0 Å². The summed E-state index contributed by atoms with van der Waals surface area (Å²) in [5.74, 6) is 0. The van der Waals surface area contributed by atoms with Gasteiger partial charge in [-0.25, -0.2) is 0 Å². The van der Waals surface area contributed by atoms with Gasteiger partial charge in [0, 0.05) is 11.1 Å². The van der Waals surface area contributed by atoms with Gasteiger partial charge in [-0.15, -0.1) is 0 Å². The third kappa shape index (κ3) is 2.97. The van der Waals surface area contributed by atoms with Gasteiger partial charge in [-0.1, -0.05) is 47.5 Å². The van der Waals surface area contributed by atoms with E-state index in [9.17, 15) is 0 Å². The van der Waals surface area contributed by atoms with Crippen LogP contribution in [0.1, 0.15) is 11.1 Å². The molecule has 4 nitrogen and oxygen atoms in total. The van der Waals surface area contributed by atoms with Gasteiger partial charge in [0.1, 0.15) is 35.4 Å². The number of hydrogen-bond donors (Lipinski definition) is 0. The van der Waals surface area contributed by atoms with Gasteiger partial charge >= 0.3 is 0 Å². The fourth-order valence-electron chi connectivity index (χ4n) is 1.38. The molecule has 0 aliphatic carbocycles. The van der Waals surface area contributed by atoms with E-state index in [0.29, 0.717) is 11.1 Å². The zero-order valence-electron chi connectivity index (χ0n) is 9.85. The summed E-state index contributed by atoms with van der Waals surface area (Å²) < 4.78 is 0. The molecule has 0 aliphatic heterocycles. The van der Waals surface area contributed by atoms with E-state index in [1.165, 1.54) is 0 Å². The van der Waals surface area contributed by atoms with Crippen LogP contribution in [0.5, 0.6) is 0 Å². The molecule has 1 rings (SSSR count). The third-order valence-corrected chi connectivity index (χ3v) is 3.07. The maximum atomic E-state index is 8.82. The highest BCUT2D eigenvalue weighted by atomic mass is 35.5. The Morgan fingerprint density at radius 3 is 1.25 bits per heavy atom. The minimum Gasteiger partial charge on any atom is -0.192 e. The van der Waals surface area contributed by atoms with Gasteiger partial charge in [0.2, 0.25) is 0 Å². The molecule has 1 aromatic carbocycles. The summed E-state index contributed by atoms with van der Waals surface area (Å²) in [6.07, 6.45) is 0. The molecule has 6 heteroatoms. The molecule has 0 amide bonds. The lowest BCUT2D eigenvalue weighted by atomic mass is 10.0. The van der Waals surface area contributed by atoms with Crippen molar-refractivity contribution in [2.75, 3.05) is 0 Å². The van der Waals surface area contributed by atoms with E-state index in [4.69, 9.17) is 44.2 Å². The van der Waals surface area contributed by atoms with Crippen LogP contribution in [-0.4, -0.2) is 0 Å². The zero-order chi connectivity index (χ0) is 15.1. The lowest BCUT2D eigenvalue weighted by Gasteiger charge is -2.07. The largest absolute Gasteiger partial charge is 0.192 e. The normalized spacial score (nSPS) is 8.30. The quantitative estimate of drug-likeness (QED) is 0.778. The van der Waals surface area contributed by atoms with Crippen LogP contribution in [0.2, 0.25) is 0 Å². The smallest absolute Gasteiger partial charge is 0.148 e. The molecule has 0 saturated heterocycles. The highest BCUT2D eigenvalue weighted by molar-refractivity contribution is 6.53. The Morgan fingerprint density at radius 1 is 0.700 bits per heavy atom. The van der Waals surface area contributed by atoms with Crippen molar-refractivity contribution in [2.45, 2.75) is 0 Å². The molecule has 0 radical (unpaired) electrons. The number of benzene rings is 1. The monoisotopic (exact) mass is 298 g/mol. The number of nitrogens with zero attached hydrogens (tertiary/aromatic N) is 4. The van der Waals surface area contributed by atoms with Crippen molar-refractivity contribution in [1.29, 1.82) is 21.0 Å². The van der Waals surface area contributed by atoms with Gasteiger partial charge < -0.3 is 0 Å². The fourth-order valence-corrected chi connectivity index (χ4v) is 1.88. The molecule has 0 N–H and O–H groups in total. The van der Waals surface area contributed by atoms with Crippen LogP contribution in [0.3, 0.4) is 0 Å². The SMILES string of the molecule is N#CC(C#N)=C(Cl)c1ccccc1C(Cl)=C(C#N)C#N. The van der Waals surface area contributed by atoms with Crippen LogP contribution in [0.4, 0.5) is 0 Å². The first kappa shape index (κ1) is 15.3. The molecule has 0 spiro atoms. The minimum atomic E-state index is -0.279. The van der Waals surface area contributed by atoms with Crippen LogP contribution >= 0.6 is 23.2 Å². The molecule has 20 heavy (non-hydrogen) atoms. The van der Waals surface area contributed by atoms with Gasteiger partial charge in [-0.3, -0.25) is 0 Å². The number of halogens is 2. The maximum absolute atomic E-state index is 8.82. The Kier molecular flexibility index (Phi) is 5.34. The van der Waals surface area contributed by atoms with E-state index < -0.39 is 0 Å². The summed E-state index contributed by atoms with van der Waals surface area (Å²) in [7, 11) is 0. The van der Waals surface area contributed by atoms with Crippen molar-refractivity contribution in [1.82, 2.24) is 0 Å². The molecular formula is C14H4Cl2N4. The predicted octanol–water partition coefficient (Wildman–Crippen LogP) is 3.68. The van der Waals surface area contributed by atoms with Crippen molar-refractivity contribution in [3.05, 3.63) is 46.5 Å². The summed E-state index contributed by atoms with van der Waals surface area (Å²) in [4.78, 5) is 0. The number of nitriles is 4. The number of rotatable bonds is 2. The first-order valence-corrected chi connectivity index (χ1v) is 5.86. The first-order valence-electron chi connectivity index (χ1n) is 5.10. The van der Waals surface area contributed by atoms with Crippen molar-refractivity contribution < 1.29 is 0 Å². The molecule has 94 valence electrons. The molecule has 0 aromatic heterocycles. The first-order chi connectivity index (χ1) is 9.60. The molecular weight excluding hydrogens is 295 g/mol. The zero-order valence-corrected chi connectivity index (χ0v) is 11.4. The average Bonchev–Trinajstić information content (AvgIpc) is 2.49. The third-order valence-electron chi connectivity index (χ3n) is 2.29. The fraction of sp³-hybridized carbons (Fsp3) is 0. The molecule has 0 atom stereocenters. The van der Waals surface area contributed by atoms with Gasteiger partial charge in [-0.2, -0.15) is 21.0 Å². The summed E-state index contributed by atoms with van der Waals surface area (Å²) >= 11 is 12.0. The molecule has 0 heterocycles. The maximum Gasteiger partial charge on any atom is 0.148 e. The van der Waals surface area contributed by atoms with E-state index in [1.807, 2.05) is 0 Å². The Morgan fingerprint density at radius 2 is 1.00 bits per heavy atom. The molecule has 0 fully saturated rings.